The molecule has 1 heterocycles. The van der Waals surface area contributed by atoms with Gasteiger partial charge < -0.3 is 5.32 Å². The highest BCUT2D eigenvalue weighted by Crippen LogP contribution is 2.33. The molecule has 1 unspecified atom stereocenters. The minimum atomic E-state index is -4.70. The van der Waals surface area contributed by atoms with E-state index in [-0.39, 0.29) is 29.9 Å². The zero-order valence-electron chi connectivity index (χ0n) is 13.5. The van der Waals surface area contributed by atoms with Crippen molar-refractivity contribution in [3.63, 3.8) is 0 Å². The first-order valence-corrected chi connectivity index (χ1v) is 8.99. The van der Waals surface area contributed by atoms with Crippen LogP contribution in [-0.2, 0) is 16.2 Å². The lowest BCUT2D eigenvalue weighted by molar-refractivity contribution is -0.137. The molecule has 5 nitrogen and oxygen atoms in total. The number of nitrogens with zero attached hydrogens (tertiary/aromatic N) is 2. The summed E-state index contributed by atoms with van der Waals surface area (Å²) in [7, 11) is -3.95. The monoisotopic (exact) mass is 397 g/mol. The third-order valence-electron chi connectivity index (χ3n) is 3.94. The fraction of sp³-hybridized carbons (Fsp3) is 0.533. The maximum absolute atomic E-state index is 12.9. The van der Waals surface area contributed by atoms with Crippen LogP contribution >= 0.6 is 12.4 Å². The minimum Gasteiger partial charge on any atom is -0.314 e. The van der Waals surface area contributed by atoms with Crippen LogP contribution < -0.4 is 5.32 Å². The molecule has 1 fully saturated rings. The molecule has 0 aromatic heterocycles. The van der Waals surface area contributed by atoms with Gasteiger partial charge in [-0.1, -0.05) is 13.3 Å². The van der Waals surface area contributed by atoms with E-state index in [4.69, 9.17) is 5.26 Å². The van der Waals surface area contributed by atoms with Crippen molar-refractivity contribution >= 4 is 22.4 Å². The van der Waals surface area contributed by atoms with Gasteiger partial charge in [0.15, 0.2) is 0 Å². The van der Waals surface area contributed by atoms with Crippen molar-refractivity contribution in [2.45, 2.75) is 36.9 Å². The highest BCUT2D eigenvalue weighted by molar-refractivity contribution is 7.89. The summed E-state index contributed by atoms with van der Waals surface area (Å²) >= 11 is 0. The van der Waals surface area contributed by atoms with Gasteiger partial charge in [0.1, 0.15) is 0 Å². The molecule has 0 bridgehead atoms. The average molecular weight is 398 g/mol. The number of benzene rings is 1. The predicted octanol–water partition coefficient (Wildman–Crippen LogP) is 2.76. The Kier molecular flexibility index (Phi) is 7.26. The molecule has 1 aromatic carbocycles. The van der Waals surface area contributed by atoms with Crippen molar-refractivity contribution in [2.75, 3.05) is 19.6 Å². The van der Waals surface area contributed by atoms with E-state index in [1.807, 2.05) is 6.92 Å². The van der Waals surface area contributed by atoms with E-state index in [0.29, 0.717) is 25.6 Å². The Balaban J connectivity index is 0.00000312. The van der Waals surface area contributed by atoms with Crippen LogP contribution in [-0.4, -0.2) is 38.4 Å². The van der Waals surface area contributed by atoms with Gasteiger partial charge in [0.2, 0.25) is 10.0 Å². The van der Waals surface area contributed by atoms with Crippen LogP contribution in [0.15, 0.2) is 23.1 Å². The normalized spacial score (nSPS) is 19.1. The van der Waals surface area contributed by atoms with Gasteiger partial charge in [0.25, 0.3) is 0 Å². The number of piperazine rings is 1. The second-order valence-electron chi connectivity index (χ2n) is 5.58. The van der Waals surface area contributed by atoms with Gasteiger partial charge in [-0.05, 0) is 24.6 Å². The fourth-order valence-corrected chi connectivity index (χ4v) is 4.48. The molecule has 1 aliphatic heterocycles. The van der Waals surface area contributed by atoms with Gasteiger partial charge in [-0.15, -0.1) is 12.4 Å². The van der Waals surface area contributed by atoms with E-state index in [1.54, 1.807) is 0 Å². The van der Waals surface area contributed by atoms with E-state index < -0.39 is 27.3 Å². The molecule has 1 saturated heterocycles. The van der Waals surface area contributed by atoms with E-state index in [9.17, 15) is 21.6 Å². The van der Waals surface area contributed by atoms with Crippen LogP contribution in [0.5, 0.6) is 0 Å². The molecule has 2 rings (SSSR count). The van der Waals surface area contributed by atoms with E-state index in [0.717, 1.165) is 18.6 Å². The predicted molar refractivity (Wildman–Crippen MR) is 88.9 cm³/mol. The number of alkyl halides is 3. The third kappa shape index (κ3) is 4.64. The standard InChI is InChI=1S/C15H18F3N3O2S.ClH/c1-2-3-12-10-20-6-7-21(12)24(22,23)13-4-5-14(15(16,17)18)11(8-13)9-19;/h4-5,8,12,20H,2-3,6-7,10H2,1H3;1H. The summed E-state index contributed by atoms with van der Waals surface area (Å²) in [5, 5.41) is 12.1. The maximum Gasteiger partial charge on any atom is 0.417 e. The van der Waals surface area contributed by atoms with Crippen LogP contribution in [0, 0.1) is 11.3 Å². The molecule has 1 aliphatic rings. The third-order valence-corrected chi connectivity index (χ3v) is 5.89. The van der Waals surface area contributed by atoms with Crippen molar-refractivity contribution in [2.24, 2.45) is 0 Å². The van der Waals surface area contributed by atoms with E-state index in [2.05, 4.69) is 5.32 Å². The van der Waals surface area contributed by atoms with Gasteiger partial charge in [-0.25, -0.2) is 8.42 Å². The summed E-state index contributed by atoms with van der Waals surface area (Å²) in [6, 6.07) is 3.57. The van der Waals surface area contributed by atoms with Crippen molar-refractivity contribution in [3.8, 4) is 6.07 Å². The molecular formula is C15H19ClF3N3O2S. The molecule has 10 heteroatoms. The number of nitriles is 1. The van der Waals surface area contributed by atoms with Crippen LogP contribution in [0.3, 0.4) is 0 Å². The largest absolute Gasteiger partial charge is 0.417 e. The molecule has 0 spiro atoms. The van der Waals surface area contributed by atoms with Crippen molar-refractivity contribution in [1.82, 2.24) is 9.62 Å². The summed E-state index contributed by atoms with van der Waals surface area (Å²) < 4.78 is 65.5. The summed E-state index contributed by atoms with van der Waals surface area (Å²) in [4.78, 5) is -0.282. The van der Waals surface area contributed by atoms with Crippen LogP contribution in [0.1, 0.15) is 30.9 Å². The first-order valence-electron chi connectivity index (χ1n) is 7.55. The Hall–Kier alpha value is -1.34. The van der Waals surface area contributed by atoms with Crippen LogP contribution in [0.4, 0.5) is 13.2 Å². The lowest BCUT2D eigenvalue weighted by Crippen LogP contribution is -2.53. The summed E-state index contributed by atoms with van der Waals surface area (Å²) in [6.45, 7) is 3.16. The van der Waals surface area contributed by atoms with Crippen molar-refractivity contribution in [3.05, 3.63) is 29.3 Å². The minimum absolute atomic E-state index is 0. The van der Waals surface area contributed by atoms with Crippen molar-refractivity contribution in [1.29, 1.82) is 5.26 Å². The molecule has 0 aliphatic carbocycles. The molecule has 1 aromatic rings. The Labute approximate surface area is 151 Å². The highest BCUT2D eigenvalue weighted by Gasteiger charge is 2.37. The number of hydrogen-bond donors (Lipinski definition) is 1. The van der Waals surface area contributed by atoms with Crippen molar-refractivity contribution < 1.29 is 21.6 Å². The SMILES string of the molecule is CCCC1CNCCN1S(=O)(=O)c1ccc(C(F)(F)F)c(C#N)c1.Cl. The lowest BCUT2D eigenvalue weighted by atomic mass is 10.1. The van der Waals surface area contributed by atoms with E-state index >= 15 is 0 Å². The molecule has 1 N–H and O–H groups in total. The Morgan fingerprint density at radius 3 is 2.64 bits per heavy atom. The molecule has 25 heavy (non-hydrogen) atoms. The second-order valence-corrected chi connectivity index (χ2v) is 7.47. The average Bonchev–Trinajstić information content (AvgIpc) is 2.54. The molecule has 0 amide bonds. The van der Waals surface area contributed by atoms with Gasteiger partial charge >= 0.3 is 6.18 Å². The quantitative estimate of drug-likeness (QED) is 0.847. The second kappa shape index (κ2) is 8.36. The van der Waals surface area contributed by atoms with Gasteiger partial charge in [0, 0.05) is 25.7 Å². The Morgan fingerprint density at radius 2 is 2.08 bits per heavy atom. The van der Waals surface area contributed by atoms with E-state index in [1.165, 1.54) is 10.4 Å². The number of nitrogens with one attached hydrogen (secondary N) is 1. The smallest absolute Gasteiger partial charge is 0.314 e. The van der Waals surface area contributed by atoms with Gasteiger partial charge in [-0.2, -0.15) is 22.7 Å². The zero-order valence-corrected chi connectivity index (χ0v) is 15.1. The first kappa shape index (κ1) is 21.7. The van der Waals surface area contributed by atoms with Crippen LogP contribution in [0.25, 0.3) is 0 Å². The Morgan fingerprint density at radius 1 is 1.40 bits per heavy atom. The summed E-state index contributed by atoms with van der Waals surface area (Å²) in [6.07, 6.45) is -3.26. The molecule has 0 radical (unpaired) electrons. The molecule has 140 valence electrons. The van der Waals surface area contributed by atoms with Gasteiger partial charge in [0.05, 0.1) is 22.1 Å². The number of rotatable bonds is 4. The number of halogens is 4. The number of hydrogen-bond acceptors (Lipinski definition) is 4. The molecule has 0 saturated carbocycles. The van der Waals surface area contributed by atoms with Crippen LogP contribution in [0.2, 0.25) is 0 Å². The highest BCUT2D eigenvalue weighted by atomic mass is 35.5. The Bertz CT molecular complexity index is 745. The fourth-order valence-electron chi connectivity index (χ4n) is 2.80. The first-order chi connectivity index (χ1) is 11.2. The maximum atomic E-state index is 12.9. The topological polar surface area (TPSA) is 73.2 Å². The molecular weight excluding hydrogens is 379 g/mol. The summed E-state index contributed by atoms with van der Waals surface area (Å²) in [5.41, 5.74) is -1.82. The molecule has 1 atom stereocenters. The summed E-state index contributed by atoms with van der Waals surface area (Å²) in [5.74, 6) is 0. The number of sulfonamides is 1. The lowest BCUT2D eigenvalue weighted by Gasteiger charge is -2.35. The zero-order chi connectivity index (χ0) is 18.0. The van der Waals surface area contributed by atoms with Gasteiger partial charge in [-0.3, -0.25) is 0 Å².